The van der Waals surface area contributed by atoms with Gasteiger partial charge in [-0.05, 0) is 63.1 Å². The Morgan fingerprint density at radius 2 is 1.68 bits per heavy atom. The van der Waals surface area contributed by atoms with Crippen molar-refractivity contribution < 1.29 is 0 Å². The zero-order chi connectivity index (χ0) is 14.5. The zero-order valence-corrected chi connectivity index (χ0v) is 14.1. The quantitative estimate of drug-likeness (QED) is 0.756. The van der Waals surface area contributed by atoms with Gasteiger partial charge in [-0.25, -0.2) is 0 Å². The molecule has 2 nitrogen and oxygen atoms in total. The van der Waals surface area contributed by atoms with Crippen molar-refractivity contribution in [1.82, 2.24) is 10.2 Å². The Hall–Kier alpha value is -0.0800. The van der Waals surface area contributed by atoms with Gasteiger partial charge in [0.2, 0.25) is 0 Å². The highest BCUT2D eigenvalue weighted by molar-refractivity contribution is 4.83. The molecule has 0 spiro atoms. The maximum atomic E-state index is 3.58. The number of hydrogen-bond donors (Lipinski definition) is 1. The minimum absolute atomic E-state index is 0.585. The van der Waals surface area contributed by atoms with E-state index in [0.29, 0.717) is 5.41 Å². The van der Waals surface area contributed by atoms with Crippen molar-refractivity contribution in [3.8, 4) is 0 Å². The Kier molecular flexibility index (Phi) is 6.82. The van der Waals surface area contributed by atoms with E-state index in [1.807, 2.05) is 0 Å². The molecule has 1 rings (SSSR count). The summed E-state index contributed by atoms with van der Waals surface area (Å²) in [6.45, 7) is 15.3. The lowest BCUT2D eigenvalue weighted by Gasteiger charge is -2.39. The van der Waals surface area contributed by atoms with Crippen molar-refractivity contribution >= 4 is 0 Å². The Balaban J connectivity index is 2.21. The van der Waals surface area contributed by atoms with Crippen LogP contribution in [-0.4, -0.2) is 37.6 Å². The minimum Gasteiger partial charge on any atom is -0.316 e. The number of nitrogens with one attached hydrogen (secondary N) is 1. The number of rotatable bonds is 7. The lowest BCUT2D eigenvalue weighted by Crippen LogP contribution is -2.41. The monoisotopic (exact) mass is 268 g/mol. The van der Waals surface area contributed by atoms with Gasteiger partial charge >= 0.3 is 0 Å². The van der Waals surface area contributed by atoms with Gasteiger partial charge in [-0.15, -0.1) is 0 Å². The van der Waals surface area contributed by atoms with Crippen molar-refractivity contribution in [2.24, 2.45) is 17.3 Å². The van der Waals surface area contributed by atoms with Gasteiger partial charge in [0, 0.05) is 12.6 Å². The summed E-state index contributed by atoms with van der Waals surface area (Å²) in [5.41, 5.74) is 0.585. The van der Waals surface area contributed by atoms with Gasteiger partial charge in [0.05, 0.1) is 0 Å². The van der Waals surface area contributed by atoms with Crippen LogP contribution in [0.15, 0.2) is 0 Å². The first-order valence-electron chi connectivity index (χ1n) is 8.21. The van der Waals surface area contributed by atoms with Crippen molar-refractivity contribution in [2.75, 3.05) is 26.7 Å². The van der Waals surface area contributed by atoms with E-state index in [9.17, 15) is 0 Å². The first kappa shape index (κ1) is 17.0. The molecule has 1 N–H and O–H groups in total. The van der Waals surface area contributed by atoms with Crippen LogP contribution in [0.25, 0.3) is 0 Å². The van der Waals surface area contributed by atoms with E-state index >= 15 is 0 Å². The maximum absolute atomic E-state index is 3.58. The smallest absolute Gasteiger partial charge is 0.00927 e. The lowest BCUT2D eigenvalue weighted by atomic mass is 9.75. The summed E-state index contributed by atoms with van der Waals surface area (Å²) < 4.78 is 0. The van der Waals surface area contributed by atoms with Crippen LogP contribution < -0.4 is 5.32 Å². The molecule has 0 aromatic carbocycles. The van der Waals surface area contributed by atoms with Crippen LogP contribution >= 0.6 is 0 Å². The van der Waals surface area contributed by atoms with Crippen LogP contribution in [0.2, 0.25) is 0 Å². The second kappa shape index (κ2) is 7.64. The molecule has 0 amide bonds. The van der Waals surface area contributed by atoms with Crippen molar-refractivity contribution in [3.05, 3.63) is 0 Å². The first-order valence-corrected chi connectivity index (χ1v) is 8.21. The van der Waals surface area contributed by atoms with Gasteiger partial charge in [-0.3, -0.25) is 0 Å². The molecule has 0 bridgehead atoms. The van der Waals surface area contributed by atoms with E-state index in [2.05, 4.69) is 51.9 Å². The molecule has 1 saturated carbocycles. The molecular weight excluding hydrogens is 232 g/mol. The molecular formula is C17H36N2. The lowest BCUT2D eigenvalue weighted by molar-refractivity contribution is 0.116. The van der Waals surface area contributed by atoms with Crippen LogP contribution in [0.4, 0.5) is 0 Å². The van der Waals surface area contributed by atoms with E-state index < -0.39 is 0 Å². The van der Waals surface area contributed by atoms with Crippen LogP contribution in [0, 0.1) is 17.3 Å². The molecule has 0 aromatic rings. The molecule has 114 valence electrons. The van der Waals surface area contributed by atoms with Gasteiger partial charge in [-0.2, -0.15) is 0 Å². The van der Waals surface area contributed by atoms with Gasteiger partial charge in [0.1, 0.15) is 0 Å². The molecule has 0 aromatic heterocycles. The van der Waals surface area contributed by atoms with Crippen molar-refractivity contribution in [3.63, 3.8) is 0 Å². The molecule has 1 fully saturated rings. The molecule has 1 atom stereocenters. The number of nitrogens with zero attached hydrogens (tertiary/aromatic N) is 1. The summed E-state index contributed by atoms with van der Waals surface area (Å²) in [6.07, 6.45) is 5.55. The van der Waals surface area contributed by atoms with Crippen molar-refractivity contribution in [1.29, 1.82) is 0 Å². The van der Waals surface area contributed by atoms with Crippen LogP contribution in [0.3, 0.4) is 0 Å². The molecule has 0 radical (unpaired) electrons. The predicted octanol–water partition coefficient (Wildman–Crippen LogP) is 3.77. The third-order valence-electron chi connectivity index (χ3n) is 4.58. The van der Waals surface area contributed by atoms with Gasteiger partial charge in [-0.1, -0.05) is 34.6 Å². The Labute approximate surface area is 121 Å². The fraction of sp³-hybridized carbons (Fsp3) is 1.00. The summed E-state index contributed by atoms with van der Waals surface area (Å²) in [6, 6.07) is 0.820. The van der Waals surface area contributed by atoms with E-state index in [1.54, 1.807) is 0 Å². The average molecular weight is 268 g/mol. The van der Waals surface area contributed by atoms with Crippen LogP contribution in [-0.2, 0) is 0 Å². The maximum Gasteiger partial charge on any atom is 0.00927 e. The van der Waals surface area contributed by atoms with Gasteiger partial charge in [0.15, 0.2) is 0 Å². The van der Waals surface area contributed by atoms with Crippen LogP contribution in [0.5, 0.6) is 0 Å². The average Bonchev–Trinajstić information content (AvgIpc) is 2.27. The highest BCUT2D eigenvalue weighted by Crippen LogP contribution is 2.36. The SMILES string of the molecule is CC(C)CNCC(C)CN(C)C1CCC(C)(C)CC1. The molecule has 2 heteroatoms. The summed E-state index contributed by atoms with van der Waals surface area (Å²) in [7, 11) is 2.32. The zero-order valence-electron chi connectivity index (χ0n) is 14.1. The fourth-order valence-electron chi connectivity index (χ4n) is 3.15. The number of hydrogen-bond acceptors (Lipinski definition) is 2. The highest BCUT2D eigenvalue weighted by atomic mass is 15.1. The molecule has 0 saturated heterocycles. The van der Waals surface area contributed by atoms with Crippen molar-refractivity contribution in [2.45, 2.75) is 66.3 Å². The van der Waals surface area contributed by atoms with E-state index in [1.165, 1.54) is 32.2 Å². The molecule has 1 aliphatic carbocycles. The fourth-order valence-corrected chi connectivity index (χ4v) is 3.15. The Bertz CT molecular complexity index is 238. The highest BCUT2D eigenvalue weighted by Gasteiger charge is 2.28. The molecule has 0 aliphatic heterocycles. The third kappa shape index (κ3) is 6.76. The Morgan fingerprint density at radius 3 is 2.21 bits per heavy atom. The standard InChI is InChI=1S/C17H36N2/c1-14(2)11-18-12-15(3)13-19(6)16-7-9-17(4,5)10-8-16/h14-16,18H,7-13H2,1-6H3. The van der Waals surface area contributed by atoms with E-state index in [0.717, 1.165) is 31.0 Å². The Morgan fingerprint density at radius 1 is 1.11 bits per heavy atom. The molecule has 1 aliphatic rings. The van der Waals surface area contributed by atoms with E-state index in [-0.39, 0.29) is 0 Å². The third-order valence-corrected chi connectivity index (χ3v) is 4.58. The summed E-state index contributed by atoms with van der Waals surface area (Å²) in [4.78, 5) is 2.61. The molecule has 1 unspecified atom stereocenters. The van der Waals surface area contributed by atoms with E-state index in [4.69, 9.17) is 0 Å². The minimum atomic E-state index is 0.585. The second-order valence-electron chi connectivity index (χ2n) is 7.99. The van der Waals surface area contributed by atoms with Crippen LogP contribution in [0.1, 0.15) is 60.3 Å². The first-order chi connectivity index (χ1) is 8.80. The largest absolute Gasteiger partial charge is 0.316 e. The molecule has 19 heavy (non-hydrogen) atoms. The summed E-state index contributed by atoms with van der Waals surface area (Å²) >= 11 is 0. The second-order valence-corrected chi connectivity index (χ2v) is 7.99. The topological polar surface area (TPSA) is 15.3 Å². The van der Waals surface area contributed by atoms with Gasteiger partial charge < -0.3 is 10.2 Å². The molecule has 0 heterocycles. The van der Waals surface area contributed by atoms with Gasteiger partial charge in [0.25, 0.3) is 0 Å². The summed E-state index contributed by atoms with van der Waals surface area (Å²) in [5.74, 6) is 1.50. The normalized spacial score (nSPS) is 22.1. The predicted molar refractivity (Wildman–Crippen MR) is 85.5 cm³/mol. The summed E-state index contributed by atoms with van der Waals surface area (Å²) in [5, 5.41) is 3.58.